The number of nitriles is 1. The summed E-state index contributed by atoms with van der Waals surface area (Å²) in [5.74, 6) is 0.349. The summed E-state index contributed by atoms with van der Waals surface area (Å²) in [6, 6.07) is 1.73. The number of hydrogen-bond acceptors (Lipinski definition) is 4. The molecule has 0 aromatic rings. The Morgan fingerprint density at radius 2 is 2.11 bits per heavy atom. The molecular weight excluding hydrogens is 250 g/mol. The van der Waals surface area contributed by atoms with Gasteiger partial charge < -0.3 is 5.32 Å². The van der Waals surface area contributed by atoms with Crippen LogP contribution in [0.1, 0.15) is 33.6 Å². The summed E-state index contributed by atoms with van der Waals surface area (Å²) in [5.41, 5.74) is 0. The van der Waals surface area contributed by atoms with Crippen molar-refractivity contribution in [1.82, 2.24) is 9.62 Å². The van der Waals surface area contributed by atoms with E-state index in [0.717, 1.165) is 25.9 Å². The molecule has 5 nitrogen and oxygen atoms in total. The van der Waals surface area contributed by atoms with E-state index in [4.69, 9.17) is 5.26 Å². The van der Waals surface area contributed by atoms with Crippen LogP contribution in [-0.4, -0.2) is 43.6 Å². The van der Waals surface area contributed by atoms with E-state index in [9.17, 15) is 8.42 Å². The average molecular weight is 273 g/mol. The third-order valence-corrected chi connectivity index (χ3v) is 5.59. The molecule has 1 heterocycles. The molecule has 2 unspecified atom stereocenters. The molecule has 6 heteroatoms. The second-order valence-electron chi connectivity index (χ2n) is 5.19. The lowest BCUT2D eigenvalue weighted by atomic mass is 9.99. The fraction of sp³-hybridized carbons (Fsp3) is 0.917. The second kappa shape index (κ2) is 6.50. The quantitative estimate of drug-likeness (QED) is 0.809. The van der Waals surface area contributed by atoms with Gasteiger partial charge >= 0.3 is 0 Å². The Bertz CT molecular complexity index is 394. The minimum Gasteiger partial charge on any atom is -0.316 e. The van der Waals surface area contributed by atoms with Crippen LogP contribution in [0.15, 0.2) is 0 Å². The van der Waals surface area contributed by atoms with Crippen LogP contribution in [0.3, 0.4) is 0 Å². The SMILES string of the molecule is CC(C)N(CC1CCCNC1)S(=O)(=O)C(C)C#N. The minimum atomic E-state index is -3.51. The molecule has 0 aromatic heterocycles. The highest BCUT2D eigenvalue weighted by Crippen LogP contribution is 2.19. The molecule has 0 bridgehead atoms. The molecule has 1 aliphatic rings. The van der Waals surface area contributed by atoms with E-state index in [1.165, 1.54) is 11.2 Å². The second-order valence-corrected chi connectivity index (χ2v) is 7.40. The van der Waals surface area contributed by atoms with Crippen LogP contribution in [-0.2, 0) is 10.0 Å². The van der Waals surface area contributed by atoms with Crippen molar-refractivity contribution in [2.75, 3.05) is 19.6 Å². The molecular formula is C12H23N3O2S. The Balaban J connectivity index is 2.80. The van der Waals surface area contributed by atoms with Crippen LogP contribution in [0.25, 0.3) is 0 Å². The van der Waals surface area contributed by atoms with Crippen molar-refractivity contribution in [1.29, 1.82) is 5.26 Å². The van der Waals surface area contributed by atoms with E-state index in [2.05, 4.69) is 5.32 Å². The first-order valence-electron chi connectivity index (χ1n) is 6.50. The smallest absolute Gasteiger partial charge is 0.230 e. The molecule has 0 aromatic carbocycles. The molecule has 1 fully saturated rings. The summed E-state index contributed by atoms with van der Waals surface area (Å²) in [4.78, 5) is 0. The molecule has 0 saturated carbocycles. The first-order chi connectivity index (χ1) is 8.39. The Morgan fingerprint density at radius 1 is 1.44 bits per heavy atom. The van der Waals surface area contributed by atoms with E-state index in [0.29, 0.717) is 12.5 Å². The summed E-state index contributed by atoms with van der Waals surface area (Å²) in [5, 5.41) is 11.2. The maximum absolute atomic E-state index is 12.3. The molecule has 0 amide bonds. The van der Waals surface area contributed by atoms with Gasteiger partial charge in [0.15, 0.2) is 5.25 Å². The van der Waals surface area contributed by atoms with Gasteiger partial charge in [-0.05, 0) is 52.6 Å². The summed E-state index contributed by atoms with van der Waals surface area (Å²) in [6.45, 7) is 7.55. The Hall–Kier alpha value is -0.640. The lowest BCUT2D eigenvalue weighted by Gasteiger charge is -2.32. The number of hydrogen-bond donors (Lipinski definition) is 1. The van der Waals surface area contributed by atoms with Crippen molar-refractivity contribution < 1.29 is 8.42 Å². The largest absolute Gasteiger partial charge is 0.316 e. The third-order valence-electron chi connectivity index (χ3n) is 3.37. The van der Waals surface area contributed by atoms with Crippen molar-refractivity contribution >= 4 is 10.0 Å². The normalized spacial score (nSPS) is 23.0. The predicted octanol–water partition coefficient (Wildman–Crippen LogP) is 0.938. The highest BCUT2D eigenvalue weighted by atomic mass is 32.2. The average Bonchev–Trinajstić information content (AvgIpc) is 2.35. The molecule has 104 valence electrons. The zero-order chi connectivity index (χ0) is 13.8. The third kappa shape index (κ3) is 3.67. The number of rotatable bonds is 5. The Labute approximate surface area is 110 Å². The Morgan fingerprint density at radius 3 is 2.56 bits per heavy atom. The zero-order valence-corrected chi connectivity index (χ0v) is 12.2. The van der Waals surface area contributed by atoms with E-state index in [1.54, 1.807) is 0 Å². The molecule has 0 radical (unpaired) electrons. The lowest BCUT2D eigenvalue weighted by molar-refractivity contribution is 0.263. The van der Waals surface area contributed by atoms with E-state index < -0.39 is 15.3 Å². The van der Waals surface area contributed by atoms with Gasteiger partial charge in [0.25, 0.3) is 0 Å². The molecule has 2 atom stereocenters. The fourth-order valence-corrected chi connectivity index (χ4v) is 3.76. The van der Waals surface area contributed by atoms with Gasteiger partial charge in [-0.1, -0.05) is 0 Å². The zero-order valence-electron chi connectivity index (χ0n) is 11.4. The molecule has 0 aliphatic carbocycles. The topological polar surface area (TPSA) is 73.2 Å². The molecule has 1 saturated heterocycles. The van der Waals surface area contributed by atoms with Crippen molar-refractivity contribution in [3.05, 3.63) is 0 Å². The maximum atomic E-state index is 12.3. The predicted molar refractivity (Wildman–Crippen MR) is 71.4 cm³/mol. The summed E-state index contributed by atoms with van der Waals surface area (Å²) >= 11 is 0. The van der Waals surface area contributed by atoms with Crippen molar-refractivity contribution in [3.8, 4) is 6.07 Å². The Kier molecular flexibility index (Phi) is 5.57. The van der Waals surface area contributed by atoms with Crippen molar-refractivity contribution in [2.45, 2.75) is 44.9 Å². The van der Waals surface area contributed by atoms with Crippen molar-refractivity contribution in [3.63, 3.8) is 0 Å². The van der Waals surface area contributed by atoms with Crippen LogP contribution in [0.5, 0.6) is 0 Å². The van der Waals surface area contributed by atoms with Gasteiger partial charge in [0.1, 0.15) is 0 Å². The number of nitrogens with zero attached hydrogens (tertiary/aromatic N) is 2. The summed E-state index contributed by atoms with van der Waals surface area (Å²) in [7, 11) is -3.51. The van der Waals surface area contributed by atoms with E-state index in [-0.39, 0.29) is 6.04 Å². The van der Waals surface area contributed by atoms with Crippen LogP contribution in [0, 0.1) is 17.2 Å². The number of nitrogens with one attached hydrogen (secondary N) is 1. The summed E-state index contributed by atoms with van der Waals surface area (Å²) < 4.78 is 26.0. The van der Waals surface area contributed by atoms with Gasteiger partial charge in [0, 0.05) is 12.6 Å². The summed E-state index contributed by atoms with van der Waals surface area (Å²) in [6.07, 6.45) is 2.14. The van der Waals surface area contributed by atoms with Crippen molar-refractivity contribution in [2.24, 2.45) is 5.92 Å². The van der Waals surface area contributed by atoms with E-state index in [1.807, 2.05) is 19.9 Å². The number of piperidine rings is 1. The van der Waals surface area contributed by atoms with Gasteiger partial charge in [0.2, 0.25) is 10.0 Å². The highest BCUT2D eigenvalue weighted by molar-refractivity contribution is 7.90. The van der Waals surface area contributed by atoms with Gasteiger partial charge in [-0.2, -0.15) is 9.57 Å². The molecule has 1 N–H and O–H groups in total. The molecule has 18 heavy (non-hydrogen) atoms. The van der Waals surface area contributed by atoms with Crippen LogP contribution < -0.4 is 5.32 Å². The van der Waals surface area contributed by atoms with E-state index >= 15 is 0 Å². The van der Waals surface area contributed by atoms with Gasteiger partial charge in [-0.3, -0.25) is 0 Å². The van der Waals surface area contributed by atoms with Gasteiger partial charge in [0.05, 0.1) is 6.07 Å². The maximum Gasteiger partial charge on any atom is 0.230 e. The molecule has 0 spiro atoms. The van der Waals surface area contributed by atoms with Gasteiger partial charge in [-0.15, -0.1) is 0 Å². The fourth-order valence-electron chi connectivity index (χ4n) is 2.21. The number of sulfonamides is 1. The molecule has 1 aliphatic heterocycles. The molecule has 1 rings (SSSR count). The first kappa shape index (κ1) is 15.4. The van der Waals surface area contributed by atoms with Gasteiger partial charge in [-0.25, -0.2) is 8.42 Å². The monoisotopic (exact) mass is 273 g/mol. The first-order valence-corrected chi connectivity index (χ1v) is 8.01. The van der Waals surface area contributed by atoms with Crippen LogP contribution >= 0.6 is 0 Å². The van der Waals surface area contributed by atoms with Crippen LogP contribution in [0.2, 0.25) is 0 Å². The minimum absolute atomic E-state index is 0.104. The lowest BCUT2D eigenvalue weighted by Crippen LogP contribution is -2.46. The highest BCUT2D eigenvalue weighted by Gasteiger charge is 2.32. The van der Waals surface area contributed by atoms with Crippen LogP contribution in [0.4, 0.5) is 0 Å². The standard InChI is InChI=1S/C12H23N3O2S/c1-10(2)15(18(16,17)11(3)7-13)9-12-5-4-6-14-8-12/h10-12,14H,4-6,8-9H2,1-3H3.